The van der Waals surface area contributed by atoms with Crippen LogP contribution in [-0.2, 0) is 18.0 Å². The third kappa shape index (κ3) is 5.78. The Morgan fingerprint density at radius 1 is 1.28 bits per heavy atom. The topological polar surface area (TPSA) is 93.4 Å². The lowest BCUT2D eigenvalue weighted by Crippen LogP contribution is -2.24. The number of amides is 1. The highest BCUT2D eigenvalue weighted by atomic mass is 127. The summed E-state index contributed by atoms with van der Waals surface area (Å²) < 4.78 is 37.4. The maximum Gasteiger partial charge on any atom is 0.407 e. The van der Waals surface area contributed by atoms with E-state index in [2.05, 4.69) is 34.7 Å². The largest absolute Gasteiger partial charge is 0.465 e. The molecule has 0 unspecified atom stereocenters. The Kier molecular flexibility index (Phi) is 7.45. The molecule has 0 radical (unpaired) electrons. The van der Waals surface area contributed by atoms with Crippen LogP contribution in [0.2, 0.25) is 25.7 Å². The van der Waals surface area contributed by atoms with E-state index in [0.29, 0.717) is 21.3 Å². The number of rotatable bonds is 8. The molecule has 2 aromatic heterocycles. The number of halogens is 3. The Balaban J connectivity index is 1.86. The number of carboxylic acid groups (broad SMARTS) is 1. The van der Waals surface area contributed by atoms with Crippen molar-refractivity contribution in [3.05, 3.63) is 39.2 Å². The van der Waals surface area contributed by atoms with E-state index in [0.717, 1.165) is 23.1 Å². The van der Waals surface area contributed by atoms with Crippen LogP contribution in [0.15, 0.2) is 18.3 Å². The number of ether oxygens (including phenoxy) is 1. The number of benzene rings is 1. The fourth-order valence-electron chi connectivity index (χ4n) is 2.94. The van der Waals surface area contributed by atoms with Crippen LogP contribution < -0.4 is 0 Å². The van der Waals surface area contributed by atoms with Crippen molar-refractivity contribution in [2.45, 2.75) is 39.0 Å². The number of carbonyl (C=O) groups is 1. The van der Waals surface area contributed by atoms with Crippen molar-refractivity contribution in [1.29, 1.82) is 0 Å². The standard InChI is InChI=1S/C20H24F2IN5O3Si/c1-27(20(29)30)10-12-7-13(21)16(14(22)8-12)19-24-9-15-17(25-19)18(23)26-28(15)11-31-5-6-32(2,3)4/h7-9H,5-6,10-11H2,1-4H3,(H,29,30). The first-order chi connectivity index (χ1) is 15.0. The number of hydrogen-bond acceptors (Lipinski definition) is 5. The number of fused-ring (bicyclic) bond motifs is 1. The van der Waals surface area contributed by atoms with Crippen molar-refractivity contribution in [2.24, 2.45) is 0 Å². The van der Waals surface area contributed by atoms with Gasteiger partial charge in [-0.05, 0) is 46.3 Å². The van der Waals surface area contributed by atoms with E-state index < -0.39 is 25.8 Å². The fourth-order valence-corrected chi connectivity index (χ4v) is 4.36. The van der Waals surface area contributed by atoms with Crippen LogP contribution in [0, 0.1) is 15.3 Å². The summed E-state index contributed by atoms with van der Waals surface area (Å²) >= 11 is 2.01. The zero-order valence-corrected chi connectivity index (χ0v) is 21.4. The SMILES string of the molecule is CN(Cc1cc(F)c(-c2ncc3c(n2)c(I)nn3COCC[Si](C)(C)C)c(F)c1)C(=O)O. The van der Waals surface area contributed by atoms with Gasteiger partial charge in [0.25, 0.3) is 0 Å². The Hall–Kier alpha value is -2.19. The molecule has 1 aromatic carbocycles. The molecule has 0 saturated carbocycles. The van der Waals surface area contributed by atoms with Gasteiger partial charge in [0.15, 0.2) is 5.82 Å². The van der Waals surface area contributed by atoms with Crippen LogP contribution in [0.4, 0.5) is 13.6 Å². The number of hydrogen-bond donors (Lipinski definition) is 1. The van der Waals surface area contributed by atoms with Crippen LogP contribution in [0.3, 0.4) is 0 Å². The first-order valence-corrected chi connectivity index (χ1v) is 14.6. The molecule has 12 heteroatoms. The normalized spacial score (nSPS) is 11.8. The predicted octanol–water partition coefficient (Wildman–Crippen LogP) is 4.80. The van der Waals surface area contributed by atoms with Crippen LogP contribution in [-0.4, -0.2) is 57.6 Å². The van der Waals surface area contributed by atoms with Gasteiger partial charge in [0.2, 0.25) is 0 Å². The van der Waals surface area contributed by atoms with E-state index >= 15 is 0 Å². The van der Waals surface area contributed by atoms with E-state index in [-0.39, 0.29) is 30.2 Å². The summed E-state index contributed by atoms with van der Waals surface area (Å²) in [4.78, 5) is 20.4. The van der Waals surface area contributed by atoms with Crippen LogP contribution >= 0.6 is 22.6 Å². The van der Waals surface area contributed by atoms with Gasteiger partial charge in [-0.1, -0.05) is 19.6 Å². The first kappa shape index (κ1) is 24.4. The molecule has 0 spiro atoms. The third-order valence-corrected chi connectivity index (χ3v) is 7.16. The summed E-state index contributed by atoms with van der Waals surface area (Å²) in [6, 6.07) is 3.21. The maximum atomic E-state index is 14.7. The van der Waals surface area contributed by atoms with Crippen LogP contribution in [0.5, 0.6) is 0 Å². The molecule has 0 saturated heterocycles. The highest BCUT2D eigenvalue weighted by Crippen LogP contribution is 2.27. The maximum absolute atomic E-state index is 14.7. The lowest BCUT2D eigenvalue weighted by atomic mass is 10.1. The number of aromatic nitrogens is 4. The van der Waals surface area contributed by atoms with Gasteiger partial charge in [0.1, 0.15) is 33.1 Å². The molecule has 2 heterocycles. The molecule has 0 aliphatic carbocycles. The van der Waals surface area contributed by atoms with Gasteiger partial charge >= 0.3 is 6.09 Å². The van der Waals surface area contributed by atoms with Gasteiger partial charge in [0.05, 0.1) is 11.8 Å². The molecule has 172 valence electrons. The molecule has 8 nitrogen and oxygen atoms in total. The molecule has 1 amide bonds. The van der Waals surface area contributed by atoms with E-state index in [1.165, 1.54) is 13.2 Å². The second-order valence-electron chi connectivity index (χ2n) is 8.64. The average Bonchev–Trinajstić information content (AvgIpc) is 2.99. The predicted molar refractivity (Wildman–Crippen MR) is 127 cm³/mol. The van der Waals surface area contributed by atoms with Crippen LogP contribution in [0.25, 0.3) is 22.4 Å². The highest BCUT2D eigenvalue weighted by Gasteiger charge is 2.20. The van der Waals surface area contributed by atoms with Crippen molar-refractivity contribution in [3.8, 4) is 11.4 Å². The minimum atomic E-state index is -1.20. The molecule has 3 aromatic rings. The monoisotopic (exact) mass is 575 g/mol. The summed E-state index contributed by atoms with van der Waals surface area (Å²) in [5.41, 5.74) is 0.890. The van der Waals surface area contributed by atoms with Gasteiger partial charge in [0, 0.05) is 28.3 Å². The van der Waals surface area contributed by atoms with E-state index in [9.17, 15) is 13.6 Å². The molecule has 0 atom stereocenters. The molecule has 0 fully saturated rings. The minimum Gasteiger partial charge on any atom is -0.465 e. The summed E-state index contributed by atoms with van der Waals surface area (Å²) in [5.74, 6) is -1.84. The molecule has 0 aliphatic rings. The number of nitrogens with zero attached hydrogens (tertiary/aromatic N) is 5. The summed E-state index contributed by atoms with van der Waals surface area (Å²) in [6.07, 6.45) is 0.277. The second kappa shape index (κ2) is 9.75. The Bertz CT molecular complexity index is 1130. The average molecular weight is 575 g/mol. The van der Waals surface area contributed by atoms with Crippen molar-refractivity contribution in [1.82, 2.24) is 24.6 Å². The molecular weight excluding hydrogens is 551 g/mol. The zero-order chi connectivity index (χ0) is 23.6. The summed E-state index contributed by atoms with van der Waals surface area (Å²) in [7, 11) is 0.115. The smallest absolute Gasteiger partial charge is 0.407 e. The van der Waals surface area contributed by atoms with Crippen molar-refractivity contribution in [2.75, 3.05) is 13.7 Å². The van der Waals surface area contributed by atoms with Crippen molar-refractivity contribution >= 4 is 47.8 Å². The first-order valence-electron chi connectivity index (χ1n) is 9.85. The second-order valence-corrected chi connectivity index (χ2v) is 15.3. The van der Waals surface area contributed by atoms with E-state index in [4.69, 9.17) is 9.84 Å². The molecule has 1 N–H and O–H groups in total. The van der Waals surface area contributed by atoms with Gasteiger partial charge in [-0.2, -0.15) is 5.10 Å². The Labute approximate surface area is 198 Å². The molecule has 32 heavy (non-hydrogen) atoms. The summed E-state index contributed by atoms with van der Waals surface area (Å²) in [5, 5.41) is 13.4. The Morgan fingerprint density at radius 2 is 1.94 bits per heavy atom. The quantitative estimate of drug-likeness (QED) is 0.236. The van der Waals surface area contributed by atoms with E-state index in [1.807, 2.05) is 22.6 Å². The molecule has 0 bridgehead atoms. The molecule has 0 aliphatic heterocycles. The highest BCUT2D eigenvalue weighted by molar-refractivity contribution is 14.1. The van der Waals surface area contributed by atoms with Gasteiger partial charge in [-0.25, -0.2) is 28.2 Å². The van der Waals surface area contributed by atoms with Gasteiger partial charge < -0.3 is 14.7 Å². The lowest BCUT2D eigenvalue weighted by molar-refractivity contribution is 0.0814. The summed E-state index contributed by atoms with van der Waals surface area (Å²) in [6.45, 7) is 7.53. The minimum absolute atomic E-state index is 0.109. The van der Waals surface area contributed by atoms with Gasteiger partial charge in [-0.15, -0.1) is 0 Å². The van der Waals surface area contributed by atoms with Crippen molar-refractivity contribution < 1.29 is 23.4 Å². The lowest BCUT2D eigenvalue weighted by Gasteiger charge is -2.15. The van der Waals surface area contributed by atoms with Gasteiger partial charge in [-0.3, -0.25) is 0 Å². The fraction of sp³-hybridized carbons (Fsp3) is 0.400. The zero-order valence-electron chi connectivity index (χ0n) is 18.2. The Morgan fingerprint density at radius 3 is 2.53 bits per heavy atom. The van der Waals surface area contributed by atoms with Crippen molar-refractivity contribution in [3.63, 3.8) is 0 Å². The molecule has 3 rings (SSSR count). The molecular formula is C20H24F2IN5O3Si. The third-order valence-electron chi connectivity index (χ3n) is 4.73. The van der Waals surface area contributed by atoms with Crippen LogP contribution in [0.1, 0.15) is 5.56 Å². The van der Waals surface area contributed by atoms with E-state index in [1.54, 1.807) is 4.68 Å².